The molecule has 0 spiro atoms. The molecule has 0 N–H and O–H groups in total. The standard InChI is InChI=1S/C7H5BrN2O/c1-4-5-2-3-6(8)9-7(5)11-10-4/h2-3H,1H3. The van der Waals surface area contributed by atoms with Gasteiger partial charge in [0.2, 0.25) is 0 Å². The zero-order chi connectivity index (χ0) is 7.84. The lowest BCUT2D eigenvalue weighted by Gasteiger charge is -1.86. The molecule has 2 rings (SSSR count). The van der Waals surface area contributed by atoms with Crippen molar-refractivity contribution < 1.29 is 4.52 Å². The highest BCUT2D eigenvalue weighted by Gasteiger charge is 2.03. The number of hydrogen-bond donors (Lipinski definition) is 0. The van der Waals surface area contributed by atoms with Crippen LogP contribution in [0.3, 0.4) is 0 Å². The number of hydrogen-bond acceptors (Lipinski definition) is 3. The van der Waals surface area contributed by atoms with E-state index in [0.29, 0.717) is 5.71 Å². The predicted octanol–water partition coefficient (Wildman–Crippen LogP) is 2.29. The lowest BCUT2D eigenvalue weighted by molar-refractivity contribution is 0.442. The Kier molecular flexibility index (Phi) is 1.42. The van der Waals surface area contributed by atoms with Crippen LogP contribution in [0, 0.1) is 6.92 Å². The second-order valence-electron chi connectivity index (χ2n) is 2.25. The van der Waals surface area contributed by atoms with Crippen molar-refractivity contribution in [2.75, 3.05) is 0 Å². The molecule has 0 aliphatic heterocycles. The third-order valence-corrected chi connectivity index (χ3v) is 1.93. The minimum atomic E-state index is 0.580. The number of nitrogens with zero attached hydrogens (tertiary/aromatic N) is 2. The topological polar surface area (TPSA) is 38.9 Å². The highest BCUT2D eigenvalue weighted by molar-refractivity contribution is 9.10. The largest absolute Gasteiger partial charge is 0.336 e. The molecule has 2 heterocycles. The first-order valence-corrected chi connectivity index (χ1v) is 3.95. The number of rotatable bonds is 0. The van der Waals surface area contributed by atoms with Crippen LogP contribution in [0.5, 0.6) is 0 Å². The van der Waals surface area contributed by atoms with Gasteiger partial charge < -0.3 is 4.52 Å². The van der Waals surface area contributed by atoms with Gasteiger partial charge in [0.15, 0.2) is 0 Å². The lowest BCUT2D eigenvalue weighted by atomic mass is 10.3. The van der Waals surface area contributed by atoms with Gasteiger partial charge in [-0.1, -0.05) is 5.16 Å². The molecule has 0 aliphatic rings. The molecule has 3 nitrogen and oxygen atoms in total. The fourth-order valence-electron chi connectivity index (χ4n) is 0.924. The van der Waals surface area contributed by atoms with Crippen LogP contribution in [-0.4, -0.2) is 10.1 Å². The highest BCUT2D eigenvalue weighted by atomic mass is 79.9. The van der Waals surface area contributed by atoms with Gasteiger partial charge in [0.1, 0.15) is 4.60 Å². The van der Waals surface area contributed by atoms with E-state index in [2.05, 4.69) is 26.1 Å². The summed E-state index contributed by atoms with van der Waals surface area (Å²) in [5.74, 6) is 0. The van der Waals surface area contributed by atoms with Gasteiger partial charge in [-0.15, -0.1) is 0 Å². The molecule has 2 aromatic rings. The van der Waals surface area contributed by atoms with Gasteiger partial charge in [0, 0.05) is 0 Å². The molecule has 0 bridgehead atoms. The second kappa shape index (κ2) is 2.30. The van der Waals surface area contributed by atoms with Gasteiger partial charge in [-0.2, -0.15) is 0 Å². The summed E-state index contributed by atoms with van der Waals surface area (Å²) in [6.45, 7) is 1.89. The van der Waals surface area contributed by atoms with E-state index < -0.39 is 0 Å². The van der Waals surface area contributed by atoms with Gasteiger partial charge >= 0.3 is 0 Å². The van der Waals surface area contributed by atoms with Crippen molar-refractivity contribution in [2.24, 2.45) is 0 Å². The quantitative estimate of drug-likeness (QED) is 0.630. The fraction of sp³-hybridized carbons (Fsp3) is 0.143. The molecule has 0 saturated carbocycles. The Morgan fingerprint density at radius 2 is 2.27 bits per heavy atom. The van der Waals surface area contributed by atoms with Crippen molar-refractivity contribution in [3.8, 4) is 0 Å². The number of aryl methyl sites for hydroxylation is 1. The van der Waals surface area contributed by atoms with E-state index >= 15 is 0 Å². The maximum atomic E-state index is 4.94. The van der Waals surface area contributed by atoms with Gasteiger partial charge in [0.25, 0.3) is 5.71 Å². The van der Waals surface area contributed by atoms with Crippen LogP contribution in [0.25, 0.3) is 11.1 Å². The molecule has 0 radical (unpaired) electrons. The Morgan fingerprint density at radius 3 is 3.09 bits per heavy atom. The third-order valence-electron chi connectivity index (χ3n) is 1.49. The maximum Gasteiger partial charge on any atom is 0.259 e. The van der Waals surface area contributed by atoms with Crippen molar-refractivity contribution in [3.05, 3.63) is 22.4 Å². The van der Waals surface area contributed by atoms with E-state index in [1.54, 1.807) is 0 Å². The third kappa shape index (κ3) is 1.03. The van der Waals surface area contributed by atoms with Crippen LogP contribution in [0.4, 0.5) is 0 Å². The predicted molar refractivity (Wildman–Crippen MR) is 44.2 cm³/mol. The molecule has 0 aromatic carbocycles. The first kappa shape index (κ1) is 6.79. The molecule has 0 amide bonds. The number of halogens is 1. The van der Waals surface area contributed by atoms with E-state index in [9.17, 15) is 0 Å². The highest BCUT2D eigenvalue weighted by Crippen LogP contribution is 2.17. The summed E-state index contributed by atoms with van der Waals surface area (Å²) in [6, 6.07) is 3.80. The van der Waals surface area contributed by atoms with E-state index in [4.69, 9.17) is 4.52 Å². The molecule has 0 saturated heterocycles. The summed E-state index contributed by atoms with van der Waals surface area (Å²) in [4.78, 5) is 4.08. The summed E-state index contributed by atoms with van der Waals surface area (Å²) >= 11 is 3.24. The van der Waals surface area contributed by atoms with Gasteiger partial charge in [-0.25, -0.2) is 4.98 Å². The Morgan fingerprint density at radius 1 is 1.45 bits per heavy atom. The molecule has 4 heteroatoms. The van der Waals surface area contributed by atoms with Crippen LogP contribution in [0.2, 0.25) is 0 Å². The minimum Gasteiger partial charge on any atom is -0.336 e. The molecular weight excluding hydrogens is 208 g/mol. The van der Waals surface area contributed by atoms with Crippen molar-refractivity contribution in [1.29, 1.82) is 0 Å². The van der Waals surface area contributed by atoms with Gasteiger partial charge in [-0.3, -0.25) is 0 Å². The van der Waals surface area contributed by atoms with E-state index in [1.165, 1.54) is 0 Å². The van der Waals surface area contributed by atoms with Gasteiger partial charge in [-0.05, 0) is 35.0 Å². The van der Waals surface area contributed by atoms with E-state index in [0.717, 1.165) is 15.7 Å². The van der Waals surface area contributed by atoms with Crippen LogP contribution in [-0.2, 0) is 0 Å². The van der Waals surface area contributed by atoms with Crippen molar-refractivity contribution in [2.45, 2.75) is 6.92 Å². The van der Waals surface area contributed by atoms with Crippen molar-refractivity contribution in [1.82, 2.24) is 10.1 Å². The molecule has 0 fully saturated rings. The monoisotopic (exact) mass is 212 g/mol. The molecule has 2 aromatic heterocycles. The number of pyridine rings is 1. The Balaban J connectivity index is 2.86. The molecular formula is C7H5BrN2O. The Hall–Kier alpha value is -0.900. The molecule has 0 unspecified atom stereocenters. The SMILES string of the molecule is Cc1noc2nc(Br)ccc12. The minimum absolute atomic E-state index is 0.580. The summed E-state index contributed by atoms with van der Waals surface area (Å²) in [5, 5.41) is 4.74. The normalized spacial score (nSPS) is 10.7. The summed E-state index contributed by atoms with van der Waals surface area (Å²) in [5.41, 5.74) is 1.46. The second-order valence-corrected chi connectivity index (χ2v) is 3.07. The number of aromatic nitrogens is 2. The van der Waals surface area contributed by atoms with Crippen LogP contribution < -0.4 is 0 Å². The maximum absolute atomic E-state index is 4.94. The van der Waals surface area contributed by atoms with Crippen molar-refractivity contribution in [3.63, 3.8) is 0 Å². The fourth-order valence-corrected chi connectivity index (χ4v) is 1.22. The first-order chi connectivity index (χ1) is 5.27. The van der Waals surface area contributed by atoms with Gasteiger partial charge in [0.05, 0.1) is 11.1 Å². The summed E-state index contributed by atoms with van der Waals surface area (Å²) in [6.07, 6.45) is 0. The summed E-state index contributed by atoms with van der Waals surface area (Å²) < 4.78 is 5.70. The van der Waals surface area contributed by atoms with E-state index in [1.807, 2.05) is 19.1 Å². The average Bonchev–Trinajstić information content (AvgIpc) is 2.32. The molecule has 56 valence electrons. The Labute approximate surface area is 71.5 Å². The van der Waals surface area contributed by atoms with Crippen molar-refractivity contribution >= 4 is 27.0 Å². The zero-order valence-corrected chi connectivity index (χ0v) is 7.42. The molecule has 0 aliphatic carbocycles. The lowest BCUT2D eigenvalue weighted by Crippen LogP contribution is -1.74. The molecule has 11 heavy (non-hydrogen) atoms. The zero-order valence-electron chi connectivity index (χ0n) is 5.84. The Bertz CT molecular complexity index is 396. The average molecular weight is 213 g/mol. The van der Waals surface area contributed by atoms with Crippen LogP contribution in [0.1, 0.15) is 5.69 Å². The molecule has 0 atom stereocenters. The smallest absolute Gasteiger partial charge is 0.259 e. The first-order valence-electron chi connectivity index (χ1n) is 3.16. The van der Waals surface area contributed by atoms with E-state index in [-0.39, 0.29) is 0 Å². The van der Waals surface area contributed by atoms with Crippen LogP contribution in [0.15, 0.2) is 21.3 Å². The van der Waals surface area contributed by atoms with Crippen LogP contribution >= 0.6 is 15.9 Å². The number of fused-ring (bicyclic) bond motifs is 1. The summed E-state index contributed by atoms with van der Waals surface area (Å²) in [7, 11) is 0.